The highest BCUT2D eigenvalue weighted by Gasteiger charge is 2.20. The minimum absolute atomic E-state index is 0.0767. The Morgan fingerprint density at radius 2 is 1.52 bits per heavy atom. The van der Waals surface area contributed by atoms with Gasteiger partial charge in [-0.15, -0.1) is 0 Å². The Morgan fingerprint density at radius 1 is 0.850 bits per heavy atom. The number of nitrogens with one attached hydrogen (secondary N) is 3. The summed E-state index contributed by atoms with van der Waals surface area (Å²) in [6.07, 6.45) is 2.09. The van der Waals surface area contributed by atoms with Crippen LogP contribution in [0.1, 0.15) is 50.1 Å². The maximum Gasteiger partial charge on any atom is 0.325 e. The minimum atomic E-state index is -4.21. The molecule has 1 aromatic heterocycles. The van der Waals surface area contributed by atoms with Gasteiger partial charge in [0.05, 0.1) is 17.1 Å². The lowest BCUT2D eigenvalue weighted by atomic mass is 10.1. The molecule has 0 unspecified atom stereocenters. The molecule has 0 aliphatic rings. The van der Waals surface area contributed by atoms with Crippen LogP contribution in [0.25, 0.3) is 0 Å². The van der Waals surface area contributed by atoms with Crippen LogP contribution < -0.4 is 15.4 Å². The fraction of sp³-hybridized carbons (Fsp3) is 0.222. The van der Waals surface area contributed by atoms with Crippen LogP contribution in [0.4, 0.5) is 4.39 Å². The number of halogens is 1. The van der Waals surface area contributed by atoms with E-state index in [-0.39, 0.29) is 41.8 Å². The summed E-state index contributed by atoms with van der Waals surface area (Å²) in [5.41, 5.74) is 0.876. The van der Waals surface area contributed by atoms with Crippen molar-refractivity contribution in [3.63, 3.8) is 0 Å². The number of carbonyl (C=O) groups excluding carboxylic acids is 4. The van der Waals surface area contributed by atoms with Crippen molar-refractivity contribution in [3.05, 3.63) is 95.1 Å². The van der Waals surface area contributed by atoms with E-state index in [4.69, 9.17) is 4.74 Å². The second-order valence-corrected chi connectivity index (χ2v) is 10.1. The number of hydrogen-bond acceptors (Lipinski definition) is 8. The van der Waals surface area contributed by atoms with Gasteiger partial charge in [-0.05, 0) is 66.9 Å². The first-order valence-corrected chi connectivity index (χ1v) is 13.7. The maximum atomic E-state index is 13.0. The first-order chi connectivity index (χ1) is 19.1. The Morgan fingerprint density at radius 3 is 2.15 bits per heavy atom. The number of rotatable bonds is 12. The van der Waals surface area contributed by atoms with Gasteiger partial charge in [-0.25, -0.2) is 17.5 Å². The molecule has 0 fully saturated rings. The van der Waals surface area contributed by atoms with Crippen LogP contribution in [0.5, 0.6) is 0 Å². The van der Waals surface area contributed by atoms with E-state index in [1.54, 1.807) is 12.1 Å². The van der Waals surface area contributed by atoms with E-state index in [1.165, 1.54) is 48.5 Å². The highest BCUT2D eigenvalue weighted by molar-refractivity contribution is 7.90. The van der Waals surface area contributed by atoms with Gasteiger partial charge in [0.15, 0.2) is 0 Å². The van der Waals surface area contributed by atoms with Gasteiger partial charge in [0.2, 0.25) is 0 Å². The van der Waals surface area contributed by atoms with Crippen LogP contribution in [0.3, 0.4) is 0 Å². The van der Waals surface area contributed by atoms with Crippen LogP contribution in [-0.4, -0.2) is 56.8 Å². The molecule has 0 radical (unpaired) electrons. The molecule has 0 bridgehead atoms. The number of carbonyl (C=O) groups is 4. The summed E-state index contributed by atoms with van der Waals surface area (Å²) in [5.74, 6) is -3.02. The highest BCUT2D eigenvalue weighted by atomic mass is 32.2. The predicted octanol–water partition coefficient (Wildman–Crippen LogP) is 1.99. The Labute approximate surface area is 230 Å². The van der Waals surface area contributed by atoms with Crippen molar-refractivity contribution in [2.24, 2.45) is 0 Å². The molecular weight excluding hydrogens is 543 g/mol. The summed E-state index contributed by atoms with van der Waals surface area (Å²) in [6.45, 7) is 2.00. The average molecular weight is 571 g/mol. The lowest BCUT2D eigenvalue weighted by Crippen LogP contribution is -2.32. The molecule has 1 heterocycles. The molecule has 0 spiro atoms. The molecule has 13 heteroatoms. The Hall–Kier alpha value is -4.65. The zero-order valence-electron chi connectivity index (χ0n) is 21.5. The standard InChI is InChI=1S/C27H27FN4O7S/c1-2-15-39-24(33)17-31-27(36)23-12-7-20(16-30-23)26(35)32-40(37,38)22-10-3-18(4-11-22)13-14-29-25(34)19-5-8-21(28)9-6-19/h3-12,16H,2,13-15,17H2,1H3,(H,29,34)(H,31,36)(H,32,35). The van der Waals surface area contributed by atoms with Crippen molar-refractivity contribution >= 4 is 33.7 Å². The number of benzene rings is 2. The largest absolute Gasteiger partial charge is 0.464 e. The molecule has 3 N–H and O–H groups in total. The average Bonchev–Trinajstić information content (AvgIpc) is 2.95. The van der Waals surface area contributed by atoms with Gasteiger partial charge >= 0.3 is 5.97 Å². The maximum absolute atomic E-state index is 13.0. The van der Waals surface area contributed by atoms with Crippen molar-refractivity contribution in [2.75, 3.05) is 19.7 Å². The third-order valence-electron chi connectivity index (χ3n) is 5.39. The monoisotopic (exact) mass is 570 g/mol. The quantitative estimate of drug-likeness (QED) is 0.279. The number of pyridine rings is 1. The van der Waals surface area contributed by atoms with Gasteiger partial charge in [0.1, 0.15) is 18.1 Å². The van der Waals surface area contributed by atoms with Gasteiger partial charge in [0, 0.05) is 18.3 Å². The first kappa shape index (κ1) is 29.9. The van der Waals surface area contributed by atoms with Gasteiger partial charge in [-0.2, -0.15) is 0 Å². The molecule has 210 valence electrons. The number of hydrogen-bond donors (Lipinski definition) is 3. The Bertz CT molecular complexity index is 1460. The van der Waals surface area contributed by atoms with E-state index in [9.17, 15) is 32.0 Å². The van der Waals surface area contributed by atoms with Crippen LogP contribution in [0, 0.1) is 5.82 Å². The Balaban J connectivity index is 1.50. The number of esters is 1. The summed E-state index contributed by atoms with van der Waals surface area (Å²) < 4.78 is 45.1. The second kappa shape index (κ2) is 13.9. The van der Waals surface area contributed by atoms with Gasteiger partial charge in [-0.1, -0.05) is 19.1 Å². The van der Waals surface area contributed by atoms with Gasteiger partial charge in [0.25, 0.3) is 27.7 Å². The molecule has 3 aromatic rings. The Kier molecular flexibility index (Phi) is 10.4. The van der Waals surface area contributed by atoms with Crippen LogP contribution >= 0.6 is 0 Å². The molecular formula is C27H27FN4O7S. The van der Waals surface area contributed by atoms with Gasteiger partial charge < -0.3 is 15.4 Å². The van der Waals surface area contributed by atoms with Crippen LogP contribution in [0.2, 0.25) is 0 Å². The fourth-order valence-electron chi connectivity index (χ4n) is 3.27. The third kappa shape index (κ3) is 8.70. The minimum Gasteiger partial charge on any atom is -0.464 e. The highest BCUT2D eigenvalue weighted by Crippen LogP contribution is 2.12. The molecule has 0 saturated heterocycles. The van der Waals surface area contributed by atoms with Crippen molar-refractivity contribution in [3.8, 4) is 0 Å². The summed E-state index contributed by atoms with van der Waals surface area (Å²) >= 11 is 0. The van der Waals surface area contributed by atoms with Crippen molar-refractivity contribution in [1.82, 2.24) is 20.3 Å². The number of ether oxygens (including phenoxy) is 1. The molecule has 40 heavy (non-hydrogen) atoms. The molecule has 11 nitrogen and oxygen atoms in total. The first-order valence-electron chi connectivity index (χ1n) is 12.2. The molecule has 0 atom stereocenters. The molecule has 3 amide bonds. The van der Waals surface area contributed by atoms with Crippen molar-refractivity contribution in [2.45, 2.75) is 24.7 Å². The number of amides is 3. The zero-order chi connectivity index (χ0) is 29.1. The molecule has 3 rings (SSSR count). The van der Waals surface area contributed by atoms with E-state index in [0.29, 0.717) is 18.4 Å². The summed E-state index contributed by atoms with van der Waals surface area (Å²) in [5, 5.41) is 5.04. The van der Waals surface area contributed by atoms with E-state index < -0.39 is 33.6 Å². The van der Waals surface area contributed by atoms with E-state index in [2.05, 4.69) is 15.6 Å². The molecule has 0 aliphatic heterocycles. The second-order valence-electron chi connectivity index (χ2n) is 8.43. The SMILES string of the molecule is CCCOC(=O)CNC(=O)c1ccc(C(=O)NS(=O)(=O)c2ccc(CCNC(=O)c3ccc(F)cc3)cc2)cn1. The van der Waals surface area contributed by atoms with E-state index in [0.717, 1.165) is 11.8 Å². The van der Waals surface area contributed by atoms with Crippen molar-refractivity contribution in [1.29, 1.82) is 0 Å². The fourth-order valence-corrected chi connectivity index (χ4v) is 4.25. The molecule has 2 aromatic carbocycles. The lowest BCUT2D eigenvalue weighted by molar-refractivity contribution is -0.142. The number of nitrogens with zero attached hydrogens (tertiary/aromatic N) is 1. The number of aromatic nitrogens is 1. The van der Waals surface area contributed by atoms with E-state index in [1.807, 2.05) is 11.6 Å². The number of sulfonamides is 1. The van der Waals surface area contributed by atoms with Gasteiger partial charge in [-0.3, -0.25) is 24.2 Å². The summed E-state index contributed by atoms with van der Waals surface area (Å²) in [7, 11) is -4.21. The zero-order valence-corrected chi connectivity index (χ0v) is 22.3. The van der Waals surface area contributed by atoms with Crippen LogP contribution in [0.15, 0.2) is 71.8 Å². The third-order valence-corrected chi connectivity index (χ3v) is 6.73. The smallest absolute Gasteiger partial charge is 0.325 e. The molecule has 0 saturated carbocycles. The topological polar surface area (TPSA) is 161 Å². The van der Waals surface area contributed by atoms with Crippen LogP contribution in [-0.2, 0) is 26.0 Å². The lowest BCUT2D eigenvalue weighted by Gasteiger charge is -2.09. The summed E-state index contributed by atoms with van der Waals surface area (Å²) in [6, 6.07) is 13.3. The van der Waals surface area contributed by atoms with Crippen molar-refractivity contribution < 1.29 is 36.7 Å². The summed E-state index contributed by atoms with van der Waals surface area (Å²) in [4.78, 5) is 51.9. The normalized spacial score (nSPS) is 10.8. The predicted molar refractivity (Wildman–Crippen MR) is 141 cm³/mol. The molecule has 0 aliphatic carbocycles. The van der Waals surface area contributed by atoms with E-state index >= 15 is 0 Å².